The van der Waals surface area contributed by atoms with Crippen molar-refractivity contribution < 1.29 is 4.79 Å². The number of anilines is 1. The molecule has 4 aromatic rings. The molecule has 0 saturated heterocycles. The van der Waals surface area contributed by atoms with Crippen LogP contribution in [0, 0.1) is 4.77 Å². The predicted molar refractivity (Wildman–Crippen MR) is 142 cm³/mol. The Morgan fingerprint density at radius 2 is 1.50 bits per heavy atom. The molecule has 0 aliphatic carbocycles. The van der Waals surface area contributed by atoms with Gasteiger partial charge in [-0.15, -0.1) is 5.11 Å². The molecule has 5 rings (SSSR count). The highest BCUT2D eigenvalue weighted by molar-refractivity contribution is 7.71. The van der Waals surface area contributed by atoms with Crippen LogP contribution in [0.4, 0.5) is 16.3 Å². The van der Waals surface area contributed by atoms with Gasteiger partial charge in [-0.25, -0.2) is 4.79 Å². The molecule has 3 aromatic carbocycles. The van der Waals surface area contributed by atoms with E-state index in [0.717, 1.165) is 5.01 Å². The van der Waals surface area contributed by atoms with Gasteiger partial charge in [0.2, 0.25) is 0 Å². The molecule has 180 valence electrons. The summed E-state index contributed by atoms with van der Waals surface area (Å²) in [5.74, 6) is 0.156. The van der Waals surface area contributed by atoms with Gasteiger partial charge < -0.3 is 4.98 Å². The highest BCUT2D eigenvalue weighted by Crippen LogP contribution is 2.38. The number of carbonyl (C=O) groups excluding carboxylic acids is 1. The van der Waals surface area contributed by atoms with E-state index in [1.165, 1.54) is 4.57 Å². The quantitative estimate of drug-likeness (QED) is 0.201. The second kappa shape index (κ2) is 9.87. The summed E-state index contributed by atoms with van der Waals surface area (Å²) in [5, 5.41) is 13.5. The number of fused-ring (bicyclic) bond motifs is 1. The fraction of sp³-hybridized carbons (Fsp3) is 0.0417. The third kappa shape index (κ3) is 4.54. The summed E-state index contributed by atoms with van der Waals surface area (Å²) in [6.07, 6.45) is 0. The molecule has 12 heteroatoms. The van der Waals surface area contributed by atoms with E-state index in [2.05, 4.69) is 20.6 Å². The lowest BCUT2D eigenvalue weighted by Gasteiger charge is -2.33. The van der Waals surface area contributed by atoms with Gasteiger partial charge in [0.1, 0.15) is 11.9 Å². The molecule has 1 aliphatic rings. The minimum absolute atomic E-state index is 0.0931. The number of hydrogen-bond donors (Lipinski definition) is 2. The molecule has 2 heterocycles. The maximum absolute atomic E-state index is 13.9. The van der Waals surface area contributed by atoms with E-state index in [9.17, 15) is 9.59 Å². The second-order valence-electron chi connectivity index (χ2n) is 7.70. The topological polar surface area (TPSA) is 94.8 Å². The van der Waals surface area contributed by atoms with Crippen molar-refractivity contribution in [2.24, 2.45) is 10.3 Å². The standard InChI is InChI=1S/C24H15Cl3N6O2S/c25-13-5-9-15(10-6-13)30-31-33-20(17-3-1-2-4-18(17)27)19-21(28-23(33)35)29-24(36)32(22(19)34)16-11-7-14(26)8-12-16/h1-12,20H,(H,28,35)(H,29,36). The third-order valence-corrected chi connectivity index (χ3v) is 6.60. The van der Waals surface area contributed by atoms with Gasteiger partial charge in [0.25, 0.3) is 5.56 Å². The second-order valence-corrected chi connectivity index (χ2v) is 9.37. The smallest absolute Gasteiger partial charge is 0.318 e. The SMILES string of the molecule is O=C1Nc2[nH]c(=S)n(-c3ccc(Cl)cc3)c(=O)c2C(c2ccccc2Cl)N1N=Nc1ccc(Cl)cc1. The number of benzene rings is 3. The summed E-state index contributed by atoms with van der Waals surface area (Å²) in [4.78, 5) is 30.0. The minimum Gasteiger partial charge on any atom is -0.318 e. The largest absolute Gasteiger partial charge is 0.345 e. The van der Waals surface area contributed by atoms with Crippen LogP contribution in [0.5, 0.6) is 0 Å². The van der Waals surface area contributed by atoms with Gasteiger partial charge in [0, 0.05) is 20.6 Å². The van der Waals surface area contributed by atoms with Crippen LogP contribution in [0.1, 0.15) is 17.2 Å². The van der Waals surface area contributed by atoms with Crippen LogP contribution in [0.25, 0.3) is 5.69 Å². The molecule has 0 fully saturated rings. The Balaban J connectivity index is 1.72. The molecule has 8 nitrogen and oxygen atoms in total. The number of amides is 2. The molecule has 1 unspecified atom stereocenters. The highest BCUT2D eigenvalue weighted by Gasteiger charge is 2.39. The first kappa shape index (κ1) is 24.2. The van der Waals surface area contributed by atoms with Gasteiger partial charge in [-0.3, -0.25) is 14.7 Å². The number of urea groups is 1. The first-order chi connectivity index (χ1) is 17.3. The Morgan fingerprint density at radius 3 is 2.17 bits per heavy atom. The number of aromatic amines is 1. The summed E-state index contributed by atoms with van der Waals surface area (Å²) in [5.41, 5.74) is 1.16. The van der Waals surface area contributed by atoms with Gasteiger partial charge in [-0.05, 0) is 66.8 Å². The molecule has 1 aromatic heterocycles. The Morgan fingerprint density at radius 1 is 0.861 bits per heavy atom. The van der Waals surface area contributed by atoms with E-state index in [1.807, 2.05) is 0 Å². The number of aromatic nitrogens is 2. The van der Waals surface area contributed by atoms with Crippen molar-refractivity contribution in [2.75, 3.05) is 5.32 Å². The van der Waals surface area contributed by atoms with E-state index in [0.29, 0.717) is 32.0 Å². The summed E-state index contributed by atoms with van der Waals surface area (Å²) in [6.45, 7) is 0. The fourth-order valence-electron chi connectivity index (χ4n) is 3.81. The normalized spacial score (nSPS) is 15.1. The Bertz CT molecular complexity index is 1620. The van der Waals surface area contributed by atoms with Crippen LogP contribution in [0.2, 0.25) is 15.1 Å². The number of nitrogens with one attached hydrogen (secondary N) is 2. The molecule has 1 atom stereocenters. The number of halogens is 3. The van der Waals surface area contributed by atoms with Gasteiger partial charge in [0.15, 0.2) is 4.77 Å². The van der Waals surface area contributed by atoms with E-state index < -0.39 is 17.6 Å². The van der Waals surface area contributed by atoms with Gasteiger partial charge in [-0.2, -0.15) is 5.01 Å². The van der Waals surface area contributed by atoms with E-state index in [4.69, 9.17) is 47.0 Å². The average Bonchev–Trinajstić information content (AvgIpc) is 2.85. The molecule has 2 N–H and O–H groups in total. The van der Waals surface area contributed by atoms with Crippen LogP contribution in [0.3, 0.4) is 0 Å². The summed E-state index contributed by atoms with van der Waals surface area (Å²) < 4.78 is 1.41. The van der Waals surface area contributed by atoms with Gasteiger partial charge in [0.05, 0.1) is 16.9 Å². The fourth-order valence-corrected chi connectivity index (χ4v) is 4.60. The van der Waals surface area contributed by atoms with Crippen LogP contribution in [-0.4, -0.2) is 20.6 Å². The Hall–Kier alpha value is -3.50. The minimum atomic E-state index is -1.00. The first-order valence-corrected chi connectivity index (χ1v) is 12.0. The lowest BCUT2D eigenvalue weighted by molar-refractivity contribution is 0.192. The third-order valence-electron chi connectivity index (χ3n) is 5.46. The summed E-state index contributed by atoms with van der Waals surface area (Å²) >= 11 is 23.9. The van der Waals surface area contributed by atoms with Crippen molar-refractivity contribution in [3.8, 4) is 5.69 Å². The Labute approximate surface area is 224 Å². The van der Waals surface area contributed by atoms with Crippen molar-refractivity contribution in [3.05, 3.63) is 114 Å². The van der Waals surface area contributed by atoms with Gasteiger partial charge in [-0.1, -0.05) is 58.2 Å². The van der Waals surface area contributed by atoms with Crippen LogP contribution >= 0.6 is 47.0 Å². The van der Waals surface area contributed by atoms with Crippen molar-refractivity contribution in [1.29, 1.82) is 0 Å². The molecule has 2 amide bonds. The maximum Gasteiger partial charge on any atom is 0.345 e. The number of nitrogens with zero attached hydrogens (tertiary/aromatic N) is 4. The molecule has 0 saturated carbocycles. The molecule has 0 radical (unpaired) electrons. The lowest BCUT2D eigenvalue weighted by Crippen LogP contribution is -2.44. The molecular formula is C24H15Cl3N6O2S. The van der Waals surface area contributed by atoms with Crippen molar-refractivity contribution >= 4 is 64.6 Å². The zero-order valence-corrected chi connectivity index (χ0v) is 21.2. The van der Waals surface area contributed by atoms with Crippen LogP contribution in [-0.2, 0) is 0 Å². The summed E-state index contributed by atoms with van der Waals surface area (Å²) in [6, 6.07) is 18.5. The van der Waals surface area contributed by atoms with E-state index in [1.54, 1.807) is 72.8 Å². The number of rotatable bonds is 4. The molecular weight excluding hydrogens is 543 g/mol. The van der Waals surface area contributed by atoms with Crippen molar-refractivity contribution in [1.82, 2.24) is 14.6 Å². The molecule has 1 aliphatic heterocycles. The summed E-state index contributed by atoms with van der Waals surface area (Å²) in [7, 11) is 0. The van der Waals surface area contributed by atoms with E-state index >= 15 is 0 Å². The van der Waals surface area contributed by atoms with Crippen LogP contribution < -0.4 is 10.9 Å². The number of hydrogen-bond acceptors (Lipinski definition) is 5. The average molecular weight is 558 g/mol. The zero-order chi connectivity index (χ0) is 25.4. The molecule has 0 spiro atoms. The van der Waals surface area contributed by atoms with Crippen LogP contribution in [0.15, 0.2) is 87.9 Å². The maximum atomic E-state index is 13.9. The van der Waals surface area contributed by atoms with Crippen molar-refractivity contribution in [3.63, 3.8) is 0 Å². The number of carbonyl (C=O) groups is 1. The molecule has 0 bridgehead atoms. The lowest BCUT2D eigenvalue weighted by atomic mass is 9.98. The highest BCUT2D eigenvalue weighted by atomic mass is 35.5. The van der Waals surface area contributed by atoms with E-state index in [-0.39, 0.29) is 16.2 Å². The number of H-pyrrole nitrogens is 1. The van der Waals surface area contributed by atoms with Crippen molar-refractivity contribution in [2.45, 2.75) is 6.04 Å². The molecule has 36 heavy (non-hydrogen) atoms. The monoisotopic (exact) mass is 556 g/mol. The predicted octanol–water partition coefficient (Wildman–Crippen LogP) is 7.49. The first-order valence-electron chi connectivity index (χ1n) is 10.5. The Kier molecular flexibility index (Phi) is 6.63. The van der Waals surface area contributed by atoms with Gasteiger partial charge >= 0.3 is 6.03 Å². The zero-order valence-electron chi connectivity index (χ0n) is 18.2.